The number of methoxy groups -OCH3 is 1. The van der Waals surface area contributed by atoms with E-state index in [0.29, 0.717) is 0 Å². The summed E-state index contributed by atoms with van der Waals surface area (Å²) < 4.78 is 4.73. The zero-order valence-electron chi connectivity index (χ0n) is 12.0. The third-order valence-corrected chi connectivity index (χ3v) is 4.02. The third kappa shape index (κ3) is 4.81. The first-order chi connectivity index (χ1) is 8.69. The Morgan fingerprint density at radius 3 is 2.72 bits per heavy atom. The van der Waals surface area contributed by atoms with Crippen LogP contribution in [-0.4, -0.2) is 26.2 Å². The molecular weight excluding hydrogens is 226 g/mol. The molecule has 104 valence electrons. The summed E-state index contributed by atoms with van der Waals surface area (Å²) >= 11 is 0. The Hall–Kier alpha value is -0.830. The minimum Gasteiger partial charge on any atom is -0.466 e. The van der Waals surface area contributed by atoms with Gasteiger partial charge < -0.3 is 10.1 Å². The molecule has 0 aromatic rings. The number of ether oxygens (including phenoxy) is 1. The lowest BCUT2D eigenvalue weighted by Crippen LogP contribution is -2.29. The minimum absolute atomic E-state index is 0.203. The lowest BCUT2D eigenvalue weighted by molar-refractivity contribution is -0.136. The van der Waals surface area contributed by atoms with Gasteiger partial charge in [0.2, 0.25) is 0 Å². The predicted molar refractivity (Wildman–Crippen MR) is 74.4 cm³/mol. The second kappa shape index (κ2) is 8.30. The van der Waals surface area contributed by atoms with Crippen molar-refractivity contribution in [3.63, 3.8) is 0 Å². The van der Waals surface area contributed by atoms with E-state index < -0.39 is 0 Å². The SMILES string of the molecule is CCC(=CCNCC1CCCCC1C)C(=O)OC. The molecule has 1 aliphatic rings. The molecule has 1 fully saturated rings. The number of esters is 1. The fourth-order valence-corrected chi connectivity index (χ4v) is 2.66. The molecule has 0 spiro atoms. The van der Waals surface area contributed by atoms with Crippen LogP contribution in [-0.2, 0) is 9.53 Å². The zero-order chi connectivity index (χ0) is 13.4. The van der Waals surface area contributed by atoms with Crippen LogP contribution < -0.4 is 5.32 Å². The van der Waals surface area contributed by atoms with Crippen LogP contribution in [0, 0.1) is 11.8 Å². The van der Waals surface area contributed by atoms with Gasteiger partial charge in [0.15, 0.2) is 0 Å². The topological polar surface area (TPSA) is 38.3 Å². The molecule has 1 saturated carbocycles. The van der Waals surface area contributed by atoms with Crippen LogP contribution in [0.1, 0.15) is 46.0 Å². The smallest absolute Gasteiger partial charge is 0.333 e. The van der Waals surface area contributed by atoms with Gasteiger partial charge in [0.25, 0.3) is 0 Å². The van der Waals surface area contributed by atoms with Gasteiger partial charge in [0, 0.05) is 12.1 Å². The molecule has 0 aromatic carbocycles. The molecule has 1 aliphatic carbocycles. The van der Waals surface area contributed by atoms with E-state index in [9.17, 15) is 4.79 Å². The van der Waals surface area contributed by atoms with E-state index >= 15 is 0 Å². The van der Waals surface area contributed by atoms with Gasteiger partial charge in [-0.05, 0) is 31.2 Å². The fourth-order valence-electron chi connectivity index (χ4n) is 2.66. The zero-order valence-corrected chi connectivity index (χ0v) is 12.0. The summed E-state index contributed by atoms with van der Waals surface area (Å²) in [5.74, 6) is 1.43. The highest BCUT2D eigenvalue weighted by Crippen LogP contribution is 2.28. The van der Waals surface area contributed by atoms with Crippen molar-refractivity contribution in [3.05, 3.63) is 11.6 Å². The Morgan fingerprint density at radius 1 is 1.39 bits per heavy atom. The van der Waals surface area contributed by atoms with Crippen molar-refractivity contribution in [2.45, 2.75) is 46.0 Å². The van der Waals surface area contributed by atoms with Gasteiger partial charge in [-0.15, -0.1) is 0 Å². The standard InChI is InChI=1S/C15H27NO2/c1-4-13(15(17)18-3)9-10-16-11-14-8-6-5-7-12(14)2/h9,12,14,16H,4-8,10-11H2,1-3H3. The Balaban J connectivity index is 2.28. The van der Waals surface area contributed by atoms with E-state index in [2.05, 4.69) is 12.2 Å². The van der Waals surface area contributed by atoms with E-state index in [1.807, 2.05) is 13.0 Å². The van der Waals surface area contributed by atoms with Gasteiger partial charge in [-0.1, -0.05) is 39.2 Å². The molecular formula is C15H27NO2. The Morgan fingerprint density at radius 2 is 2.11 bits per heavy atom. The second-order valence-electron chi connectivity index (χ2n) is 5.25. The summed E-state index contributed by atoms with van der Waals surface area (Å²) in [7, 11) is 1.43. The molecule has 1 rings (SSSR count). The number of rotatable bonds is 6. The van der Waals surface area contributed by atoms with E-state index in [0.717, 1.165) is 36.9 Å². The number of carbonyl (C=O) groups excluding carboxylic acids is 1. The van der Waals surface area contributed by atoms with Gasteiger partial charge in [-0.25, -0.2) is 4.79 Å². The van der Waals surface area contributed by atoms with Crippen molar-refractivity contribution >= 4 is 5.97 Å². The van der Waals surface area contributed by atoms with Crippen LogP contribution in [0.15, 0.2) is 11.6 Å². The lowest BCUT2D eigenvalue weighted by Gasteiger charge is -2.28. The van der Waals surface area contributed by atoms with Crippen molar-refractivity contribution < 1.29 is 9.53 Å². The molecule has 2 atom stereocenters. The lowest BCUT2D eigenvalue weighted by atomic mass is 9.80. The average Bonchev–Trinajstić information content (AvgIpc) is 2.40. The monoisotopic (exact) mass is 253 g/mol. The molecule has 0 saturated heterocycles. The Bertz CT molecular complexity index is 286. The number of nitrogens with one attached hydrogen (secondary N) is 1. The average molecular weight is 253 g/mol. The van der Waals surface area contributed by atoms with Gasteiger partial charge in [0.05, 0.1) is 7.11 Å². The Kier molecular flexibility index (Phi) is 7.02. The highest BCUT2D eigenvalue weighted by atomic mass is 16.5. The molecule has 0 bridgehead atoms. The van der Waals surface area contributed by atoms with Crippen LogP contribution in [0.3, 0.4) is 0 Å². The first-order valence-corrected chi connectivity index (χ1v) is 7.17. The van der Waals surface area contributed by atoms with Crippen molar-refractivity contribution in [3.8, 4) is 0 Å². The molecule has 3 heteroatoms. The molecule has 18 heavy (non-hydrogen) atoms. The van der Waals surface area contributed by atoms with E-state index in [-0.39, 0.29) is 5.97 Å². The highest BCUT2D eigenvalue weighted by molar-refractivity contribution is 5.88. The second-order valence-corrected chi connectivity index (χ2v) is 5.25. The van der Waals surface area contributed by atoms with Crippen LogP contribution >= 0.6 is 0 Å². The third-order valence-electron chi connectivity index (χ3n) is 4.02. The van der Waals surface area contributed by atoms with Gasteiger partial charge in [-0.3, -0.25) is 0 Å². The maximum absolute atomic E-state index is 11.4. The van der Waals surface area contributed by atoms with Gasteiger partial charge >= 0.3 is 5.97 Å². The molecule has 1 N–H and O–H groups in total. The highest BCUT2D eigenvalue weighted by Gasteiger charge is 2.20. The minimum atomic E-state index is -0.203. The Labute approximate surface area is 111 Å². The van der Waals surface area contributed by atoms with Crippen molar-refractivity contribution in [2.75, 3.05) is 20.2 Å². The normalized spacial score (nSPS) is 24.9. The first kappa shape index (κ1) is 15.2. The maximum atomic E-state index is 11.4. The predicted octanol–water partition coefficient (Wildman–Crippen LogP) is 2.91. The number of carbonyl (C=O) groups is 1. The molecule has 0 heterocycles. The van der Waals surface area contributed by atoms with Crippen LogP contribution in [0.2, 0.25) is 0 Å². The summed E-state index contributed by atoms with van der Waals surface area (Å²) in [6, 6.07) is 0. The molecule has 0 aromatic heterocycles. The molecule has 3 nitrogen and oxygen atoms in total. The first-order valence-electron chi connectivity index (χ1n) is 7.17. The molecule has 0 amide bonds. The van der Waals surface area contributed by atoms with E-state index in [1.54, 1.807) is 0 Å². The van der Waals surface area contributed by atoms with Crippen molar-refractivity contribution in [1.82, 2.24) is 5.32 Å². The van der Waals surface area contributed by atoms with Crippen molar-refractivity contribution in [2.24, 2.45) is 11.8 Å². The van der Waals surface area contributed by atoms with Crippen molar-refractivity contribution in [1.29, 1.82) is 0 Å². The number of hydrogen-bond donors (Lipinski definition) is 1. The summed E-state index contributed by atoms with van der Waals surface area (Å²) in [5.41, 5.74) is 0.765. The fraction of sp³-hybridized carbons (Fsp3) is 0.800. The maximum Gasteiger partial charge on any atom is 0.333 e. The molecule has 2 unspecified atom stereocenters. The van der Waals surface area contributed by atoms with Gasteiger partial charge in [0.1, 0.15) is 0 Å². The van der Waals surface area contributed by atoms with Gasteiger partial charge in [-0.2, -0.15) is 0 Å². The largest absolute Gasteiger partial charge is 0.466 e. The van der Waals surface area contributed by atoms with Crippen LogP contribution in [0.4, 0.5) is 0 Å². The van der Waals surface area contributed by atoms with E-state index in [4.69, 9.17) is 4.74 Å². The molecule has 0 aliphatic heterocycles. The van der Waals surface area contributed by atoms with Crippen LogP contribution in [0.5, 0.6) is 0 Å². The van der Waals surface area contributed by atoms with E-state index in [1.165, 1.54) is 32.8 Å². The summed E-state index contributed by atoms with van der Waals surface area (Å²) in [5, 5.41) is 3.45. The molecule has 0 radical (unpaired) electrons. The summed E-state index contributed by atoms with van der Waals surface area (Å²) in [6.07, 6.45) is 8.16. The summed E-state index contributed by atoms with van der Waals surface area (Å²) in [6.45, 7) is 6.16. The van der Waals surface area contributed by atoms with Crippen LogP contribution in [0.25, 0.3) is 0 Å². The number of hydrogen-bond acceptors (Lipinski definition) is 3. The summed E-state index contributed by atoms with van der Waals surface area (Å²) in [4.78, 5) is 11.4. The quantitative estimate of drug-likeness (QED) is 0.449.